The van der Waals surface area contributed by atoms with Gasteiger partial charge in [0.15, 0.2) is 0 Å². The molecule has 1 aliphatic carbocycles. The lowest BCUT2D eigenvalue weighted by Crippen LogP contribution is -2.29. The molecule has 3 rings (SSSR count). The van der Waals surface area contributed by atoms with Crippen LogP contribution in [0.15, 0.2) is 18.2 Å². The van der Waals surface area contributed by atoms with E-state index in [4.69, 9.17) is 0 Å². The smallest absolute Gasteiger partial charge is 0.238 e. The zero-order chi connectivity index (χ0) is 12.5. The van der Waals surface area contributed by atoms with Gasteiger partial charge >= 0.3 is 0 Å². The lowest BCUT2D eigenvalue weighted by molar-refractivity contribution is -0.115. The molecular weight excluding hydrogens is 246 g/mol. The fraction of sp³-hybridized carbons (Fsp3) is 0.385. The number of amides is 1. The normalized spacial score (nSPS) is 14.9. The number of anilines is 1. The molecular formula is C13H15N3OS. The topological polar surface area (TPSA) is 54.0 Å². The molecule has 0 atom stereocenters. The van der Waals surface area contributed by atoms with Crippen molar-refractivity contribution in [2.45, 2.75) is 25.8 Å². The van der Waals surface area contributed by atoms with E-state index < -0.39 is 0 Å². The Bertz CT molecular complexity index is 589. The molecule has 4 nitrogen and oxygen atoms in total. The summed E-state index contributed by atoms with van der Waals surface area (Å²) in [7, 11) is 0. The highest BCUT2D eigenvalue weighted by Gasteiger charge is 2.21. The molecule has 0 aliphatic heterocycles. The maximum atomic E-state index is 11.7. The predicted octanol–water partition coefficient (Wildman–Crippen LogP) is 2.30. The SMILES string of the molecule is Cc1nc2ccc(NC(=O)CNC3CC3)cc2s1. The average molecular weight is 261 g/mol. The van der Waals surface area contributed by atoms with Crippen LogP contribution >= 0.6 is 11.3 Å². The quantitative estimate of drug-likeness (QED) is 0.888. The van der Waals surface area contributed by atoms with Crippen LogP contribution in [0, 0.1) is 6.92 Å². The van der Waals surface area contributed by atoms with Crippen LogP contribution in [0.1, 0.15) is 17.8 Å². The molecule has 1 aliphatic rings. The van der Waals surface area contributed by atoms with Gasteiger partial charge in [-0.25, -0.2) is 4.98 Å². The molecule has 1 aromatic carbocycles. The molecule has 0 radical (unpaired) electrons. The summed E-state index contributed by atoms with van der Waals surface area (Å²) in [4.78, 5) is 16.1. The van der Waals surface area contributed by atoms with E-state index in [0.29, 0.717) is 12.6 Å². The molecule has 1 amide bonds. The van der Waals surface area contributed by atoms with E-state index in [-0.39, 0.29) is 5.91 Å². The fourth-order valence-corrected chi connectivity index (χ4v) is 2.71. The molecule has 2 aromatic rings. The molecule has 5 heteroatoms. The van der Waals surface area contributed by atoms with Crippen LogP contribution in [0.5, 0.6) is 0 Å². The Morgan fingerprint density at radius 1 is 1.50 bits per heavy atom. The number of carbonyl (C=O) groups excluding carboxylic acids is 1. The van der Waals surface area contributed by atoms with Gasteiger partial charge < -0.3 is 10.6 Å². The standard InChI is InChI=1S/C13H15N3OS/c1-8-15-11-5-4-10(6-12(11)18-8)16-13(17)7-14-9-2-3-9/h4-6,9,14H,2-3,7H2,1H3,(H,16,17). The number of nitrogens with one attached hydrogen (secondary N) is 2. The fourth-order valence-electron chi connectivity index (χ4n) is 1.85. The van der Waals surface area contributed by atoms with Crippen LogP contribution < -0.4 is 10.6 Å². The second-order valence-electron chi connectivity index (χ2n) is 4.62. The van der Waals surface area contributed by atoms with E-state index >= 15 is 0 Å². The van der Waals surface area contributed by atoms with E-state index in [2.05, 4.69) is 15.6 Å². The van der Waals surface area contributed by atoms with E-state index in [1.54, 1.807) is 11.3 Å². The average Bonchev–Trinajstić information content (AvgIpc) is 3.08. The van der Waals surface area contributed by atoms with Gasteiger partial charge in [-0.1, -0.05) is 0 Å². The number of benzene rings is 1. The zero-order valence-electron chi connectivity index (χ0n) is 10.2. The first kappa shape index (κ1) is 11.6. The van der Waals surface area contributed by atoms with Crippen LogP contribution in [0.2, 0.25) is 0 Å². The van der Waals surface area contributed by atoms with Crippen LogP contribution in [0.25, 0.3) is 10.2 Å². The van der Waals surface area contributed by atoms with Gasteiger partial charge in [0.1, 0.15) is 0 Å². The van der Waals surface area contributed by atoms with Gasteiger partial charge in [0.05, 0.1) is 21.8 Å². The van der Waals surface area contributed by atoms with Crippen molar-refractivity contribution in [3.05, 3.63) is 23.2 Å². The molecule has 0 spiro atoms. The maximum absolute atomic E-state index is 11.7. The van der Waals surface area contributed by atoms with E-state index in [1.807, 2.05) is 25.1 Å². The molecule has 1 aromatic heterocycles. The second kappa shape index (κ2) is 4.66. The molecule has 18 heavy (non-hydrogen) atoms. The molecule has 2 N–H and O–H groups in total. The number of hydrogen-bond donors (Lipinski definition) is 2. The van der Waals surface area contributed by atoms with Crippen molar-refractivity contribution in [1.82, 2.24) is 10.3 Å². The monoisotopic (exact) mass is 261 g/mol. The lowest BCUT2D eigenvalue weighted by atomic mass is 10.3. The molecule has 1 saturated carbocycles. The van der Waals surface area contributed by atoms with Crippen molar-refractivity contribution < 1.29 is 4.79 Å². The highest BCUT2D eigenvalue weighted by molar-refractivity contribution is 7.18. The number of rotatable bonds is 4. The third-order valence-corrected chi connectivity index (χ3v) is 3.84. The third-order valence-electron chi connectivity index (χ3n) is 2.91. The Hall–Kier alpha value is -1.46. The van der Waals surface area contributed by atoms with Gasteiger partial charge in [-0.15, -0.1) is 11.3 Å². The minimum Gasteiger partial charge on any atom is -0.325 e. The van der Waals surface area contributed by atoms with Crippen molar-refractivity contribution in [2.75, 3.05) is 11.9 Å². The van der Waals surface area contributed by atoms with Crippen molar-refractivity contribution in [1.29, 1.82) is 0 Å². The lowest BCUT2D eigenvalue weighted by Gasteiger charge is -2.05. The van der Waals surface area contributed by atoms with Crippen LogP contribution in [0.3, 0.4) is 0 Å². The van der Waals surface area contributed by atoms with Crippen molar-refractivity contribution in [3.8, 4) is 0 Å². The summed E-state index contributed by atoms with van der Waals surface area (Å²) in [6, 6.07) is 6.39. The first-order valence-electron chi connectivity index (χ1n) is 6.11. The Morgan fingerprint density at radius 2 is 2.33 bits per heavy atom. The summed E-state index contributed by atoms with van der Waals surface area (Å²) in [5, 5.41) is 7.15. The van der Waals surface area contributed by atoms with Gasteiger partial charge in [-0.05, 0) is 38.0 Å². The van der Waals surface area contributed by atoms with Crippen LogP contribution in [0.4, 0.5) is 5.69 Å². The van der Waals surface area contributed by atoms with Crippen LogP contribution in [-0.2, 0) is 4.79 Å². The minimum atomic E-state index is 0.0162. The van der Waals surface area contributed by atoms with E-state index in [0.717, 1.165) is 20.9 Å². The van der Waals surface area contributed by atoms with Crippen molar-refractivity contribution in [3.63, 3.8) is 0 Å². The minimum absolute atomic E-state index is 0.0162. The molecule has 1 fully saturated rings. The van der Waals surface area contributed by atoms with Crippen molar-refractivity contribution >= 4 is 33.1 Å². The predicted molar refractivity (Wildman–Crippen MR) is 74.0 cm³/mol. The molecule has 94 valence electrons. The maximum Gasteiger partial charge on any atom is 0.238 e. The first-order chi connectivity index (χ1) is 8.70. The number of aromatic nitrogens is 1. The molecule has 0 bridgehead atoms. The van der Waals surface area contributed by atoms with Gasteiger partial charge in [-0.2, -0.15) is 0 Å². The Balaban J connectivity index is 1.67. The Morgan fingerprint density at radius 3 is 3.11 bits per heavy atom. The van der Waals surface area contributed by atoms with Crippen LogP contribution in [-0.4, -0.2) is 23.5 Å². The summed E-state index contributed by atoms with van der Waals surface area (Å²) in [6.45, 7) is 2.38. The number of aryl methyl sites for hydroxylation is 1. The van der Waals surface area contributed by atoms with Crippen molar-refractivity contribution in [2.24, 2.45) is 0 Å². The Labute approximate surface area is 109 Å². The molecule has 1 heterocycles. The first-order valence-corrected chi connectivity index (χ1v) is 6.93. The molecule has 0 saturated heterocycles. The summed E-state index contributed by atoms with van der Waals surface area (Å²) < 4.78 is 1.11. The number of fused-ring (bicyclic) bond motifs is 1. The number of nitrogens with zero attached hydrogens (tertiary/aromatic N) is 1. The summed E-state index contributed by atoms with van der Waals surface area (Å²) in [6.07, 6.45) is 2.39. The second-order valence-corrected chi connectivity index (χ2v) is 5.85. The third kappa shape index (κ3) is 2.68. The number of hydrogen-bond acceptors (Lipinski definition) is 4. The van der Waals surface area contributed by atoms with Gasteiger partial charge in [0.25, 0.3) is 0 Å². The highest BCUT2D eigenvalue weighted by Crippen LogP contribution is 2.24. The number of thiazole rings is 1. The largest absolute Gasteiger partial charge is 0.325 e. The van der Waals surface area contributed by atoms with E-state index in [1.165, 1.54) is 12.8 Å². The zero-order valence-corrected chi connectivity index (χ0v) is 11.0. The highest BCUT2D eigenvalue weighted by atomic mass is 32.1. The van der Waals surface area contributed by atoms with Gasteiger partial charge in [0.2, 0.25) is 5.91 Å². The van der Waals surface area contributed by atoms with Gasteiger partial charge in [0, 0.05) is 11.7 Å². The molecule has 0 unspecified atom stereocenters. The number of carbonyl (C=O) groups is 1. The summed E-state index contributed by atoms with van der Waals surface area (Å²) >= 11 is 1.64. The Kier molecular flexibility index (Phi) is 3.01. The van der Waals surface area contributed by atoms with Gasteiger partial charge in [-0.3, -0.25) is 4.79 Å². The van der Waals surface area contributed by atoms with E-state index in [9.17, 15) is 4.79 Å². The summed E-state index contributed by atoms with van der Waals surface area (Å²) in [5.74, 6) is 0.0162. The summed E-state index contributed by atoms with van der Waals surface area (Å²) in [5.41, 5.74) is 1.83.